The van der Waals surface area contributed by atoms with E-state index in [0.717, 1.165) is 31.3 Å². The van der Waals surface area contributed by atoms with Gasteiger partial charge in [0.05, 0.1) is 0 Å². The first kappa shape index (κ1) is 15.0. The highest BCUT2D eigenvalue weighted by atomic mass is 16.1. The minimum atomic E-state index is 0.350. The highest BCUT2D eigenvalue weighted by molar-refractivity contribution is 5.82. The molecule has 0 aromatic rings. The van der Waals surface area contributed by atoms with Gasteiger partial charge in [-0.1, -0.05) is 33.1 Å². The molecule has 0 heterocycles. The van der Waals surface area contributed by atoms with Crippen molar-refractivity contribution in [2.45, 2.75) is 77.7 Å². The molecule has 2 nitrogen and oxygen atoms in total. The lowest BCUT2D eigenvalue weighted by atomic mass is 9.78. The van der Waals surface area contributed by atoms with Crippen molar-refractivity contribution in [3.05, 3.63) is 0 Å². The molecule has 2 aliphatic carbocycles. The molecule has 0 radical (unpaired) electrons. The van der Waals surface area contributed by atoms with E-state index in [0.29, 0.717) is 11.7 Å². The lowest BCUT2D eigenvalue weighted by Gasteiger charge is -2.32. The molecule has 0 amide bonds. The molecule has 2 atom stereocenters. The average molecular weight is 265 g/mol. The van der Waals surface area contributed by atoms with Crippen LogP contribution in [0.1, 0.15) is 71.6 Å². The van der Waals surface area contributed by atoms with Crippen LogP contribution in [-0.4, -0.2) is 29.8 Å². The molecule has 0 aromatic heterocycles. The van der Waals surface area contributed by atoms with Gasteiger partial charge in [-0.3, -0.25) is 9.69 Å². The summed E-state index contributed by atoms with van der Waals surface area (Å²) in [4.78, 5) is 14.8. The molecular weight excluding hydrogens is 234 g/mol. The number of Topliss-reactive ketones (excluding diaryl/α,β-unsaturated/α-hetero) is 1. The molecule has 0 bridgehead atoms. The third kappa shape index (κ3) is 4.59. The van der Waals surface area contributed by atoms with Gasteiger partial charge in [-0.15, -0.1) is 0 Å². The third-order valence-electron chi connectivity index (χ3n) is 4.89. The number of nitrogens with zero attached hydrogens (tertiary/aromatic N) is 1. The molecule has 2 rings (SSSR count). The Morgan fingerprint density at radius 2 is 1.95 bits per heavy atom. The lowest BCUT2D eigenvalue weighted by Crippen LogP contribution is -2.38. The van der Waals surface area contributed by atoms with E-state index in [1.165, 1.54) is 51.5 Å². The number of carbonyl (C=O) groups excluding carboxylic acids is 1. The molecule has 0 N–H and O–H groups in total. The van der Waals surface area contributed by atoms with Crippen LogP contribution in [0.25, 0.3) is 0 Å². The second-order valence-corrected chi connectivity index (χ2v) is 6.67. The van der Waals surface area contributed by atoms with Crippen LogP contribution >= 0.6 is 0 Å². The quantitative estimate of drug-likeness (QED) is 0.660. The van der Waals surface area contributed by atoms with Crippen molar-refractivity contribution in [3.63, 3.8) is 0 Å². The maximum absolute atomic E-state index is 12.2. The molecule has 0 aliphatic heterocycles. The van der Waals surface area contributed by atoms with Crippen molar-refractivity contribution in [2.24, 2.45) is 11.8 Å². The molecule has 19 heavy (non-hydrogen) atoms. The maximum atomic E-state index is 12.2. The predicted molar refractivity (Wildman–Crippen MR) is 80.2 cm³/mol. The molecular formula is C17H31NO. The zero-order valence-electron chi connectivity index (χ0n) is 12.9. The number of rotatable bonds is 8. The second-order valence-electron chi connectivity index (χ2n) is 6.67. The van der Waals surface area contributed by atoms with Gasteiger partial charge in [0.2, 0.25) is 0 Å². The maximum Gasteiger partial charge on any atom is 0.137 e. The van der Waals surface area contributed by atoms with Crippen molar-refractivity contribution in [1.82, 2.24) is 4.90 Å². The fraction of sp³-hybridized carbons (Fsp3) is 0.941. The number of unbranched alkanes of at least 4 members (excludes halogenated alkanes) is 1. The van der Waals surface area contributed by atoms with E-state index in [4.69, 9.17) is 0 Å². The van der Waals surface area contributed by atoms with Gasteiger partial charge in [0.1, 0.15) is 5.78 Å². The van der Waals surface area contributed by atoms with E-state index in [1.54, 1.807) is 0 Å². The van der Waals surface area contributed by atoms with Crippen molar-refractivity contribution >= 4 is 5.78 Å². The molecule has 2 fully saturated rings. The summed E-state index contributed by atoms with van der Waals surface area (Å²) in [6, 6.07) is 0.811. The second kappa shape index (κ2) is 7.42. The normalized spacial score (nSPS) is 28.1. The van der Waals surface area contributed by atoms with Gasteiger partial charge in [0, 0.05) is 24.9 Å². The highest BCUT2D eigenvalue weighted by Gasteiger charge is 2.34. The van der Waals surface area contributed by atoms with Gasteiger partial charge < -0.3 is 0 Å². The van der Waals surface area contributed by atoms with Gasteiger partial charge in [0.15, 0.2) is 0 Å². The topological polar surface area (TPSA) is 20.3 Å². The third-order valence-corrected chi connectivity index (χ3v) is 4.89. The largest absolute Gasteiger partial charge is 0.300 e. The Morgan fingerprint density at radius 1 is 1.16 bits per heavy atom. The summed E-state index contributed by atoms with van der Waals surface area (Å²) < 4.78 is 0. The van der Waals surface area contributed by atoms with Gasteiger partial charge >= 0.3 is 0 Å². The summed E-state index contributed by atoms with van der Waals surface area (Å²) in [6.07, 6.45) is 11.0. The lowest BCUT2D eigenvalue weighted by molar-refractivity contribution is -0.126. The molecule has 0 spiro atoms. The number of hydrogen-bond donors (Lipinski definition) is 0. The van der Waals surface area contributed by atoms with Crippen molar-refractivity contribution in [3.8, 4) is 0 Å². The summed E-state index contributed by atoms with van der Waals surface area (Å²) in [6.45, 7) is 6.80. The van der Waals surface area contributed by atoms with Crippen LogP contribution in [-0.2, 0) is 4.79 Å². The smallest absolute Gasteiger partial charge is 0.137 e. The Bertz CT molecular complexity index is 285. The van der Waals surface area contributed by atoms with E-state index in [2.05, 4.69) is 18.7 Å². The fourth-order valence-corrected chi connectivity index (χ4v) is 3.56. The first-order valence-electron chi connectivity index (χ1n) is 8.51. The first-order chi connectivity index (χ1) is 9.24. The summed E-state index contributed by atoms with van der Waals surface area (Å²) in [5, 5.41) is 0. The van der Waals surface area contributed by atoms with Crippen LogP contribution in [0.15, 0.2) is 0 Å². The first-order valence-corrected chi connectivity index (χ1v) is 8.51. The van der Waals surface area contributed by atoms with E-state index >= 15 is 0 Å². The standard InChI is InChI=1S/C17H31NO/c1-3-5-11-18(16-8-9-16)13-15-12-14(6-4-2)7-10-17(15)19/h14-16H,3-13H2,1-2H3. The Labute approximate surface area is 118 Å². The zero-order valence-corrected chi connectivity index (χ0v) is 12.9. The van der Waals surface area contributed by atoms with Crippen LogP contribution in [0, 0.1) is 11.8 Å². The van der Waals surface area contributed by atoms with Gasteiger partial charge in [0.25, 0.3) is 0 Å². The van der Waals surface area contributed by atoms with E-state index in [-0.39, 0.29) is 0 Å². The van der Waals surface area contributed by atoms with Gasteiger partial charge in [-0.2, -0.15) is 0 Å². The molecule has 2 saturated carbocycles. The van der Waals surface area contributed by atoms with Crippen molar-refractivity contribution < 1.29 is 4.79 Å². The average Bonchev–Trinajstić information content (AvgIpc) is 3.22. The monoisotopic (exact) mass is 265 g/mol. The minimum absolute atomic E-state index is 0.350. The summed E-state index contributed by atoms with van der Waals surface area (Å²) >= 11 is 0. The molecule has 2 unspecified atom stereocenters. The molecule has 2 aliphatic rings. The summed E-state index contributed by atoms with van der Waals surface area (Å²) in [5.74, 6) is 1.72. The molecule has 0 aromatic carbocycles. The van der Waals surface area contributed by atoms with Crippen molar-refractivity contribution in [2.75, 3.05) is 13.1 Å². The number of ketones is 1. The molecule has 110 valence electrons. The predicted octanol–water partition coefficient (Wildman–Crippen LogP) is 4.04. The summed E-state index contributed by atoms with van der Waals surface area (Å²) in [5.41, 5.74) is 0. The van der Waals surface area contributed by atoms with Gasteiger partial charge in [-0.05, 0) is 44.6 Å². The Balaban J connectivity index is 1.84. The Morgan fingerprint density at radius 3 is 2.58 bits per heavy atom. The SMILES string of the molecule is CCCCN(CC1CC(CCC)CCC1=O)C1CC1. The van der Waals surface area contributed by atoms with E-state index in [9.17, 15) is 4.79 Å². The molecule has 0 saturated heterocycles. The van der Waals surface area contributed by atoms with E-state index in [1.807, 2.05) is 0 Å². The Kier molecular flexibility index (Phi) is 5.87. The minimum Gasteiger partial charge on any atom is -0.300 e. The number of carbonyl (C=O) groups is 1. The van der Waals surface area contributed by atoms with Crippen LogP contribution in [0.2, 0.25) is 0 Å². The van der Waals surface area contributed by atoms with Crippen LogP contribution in [0.3, 0.4) is 0 Å². The summed E-state index contributed by atoms with van der Waals surface area (Å²) in [7, 11) is 0. The van der Waals surface area contributed by atoms with Crippen LogP contribution in [0.4, 0.5) is 0 Å². The van der Waals surface area contributed by atoms with Crippen LogP contribution in [0.5, 0.6) is 0 Å². The van der Waals surface area contributed by atoms with Gasteiger partial charge in [-0.25, -0.2) is 0 Å². The zero-order chi connectivity index (χ0) is 13.7. The van der Waals surface area contributed by atoms with Crippen molar-refractivity contribution in [1.29, 1.82) is 0 Å². The molecule has 2 heteroatoms. The number of hydrogen-bond acceptors (Lipinski definition) is 2. The highest BCUT2D eigenvalue weighted by Crippen LogP contribution is 2.33. The van der Waals surface area contributed by atoms with E-state index < -0.39 is 0 Å². The Hall–Kier alpha value is -0.370. The van der Waals surface area contributed by atoms with Crippen LogP contribution < -0.4 is 0 Å². The fourth-order valence-electron chi connectivity index (χ4n) is 3.56.